The van der Waals surface area contributed by atoms with Crippen LogP contribution < -0.4 is 0 Å². The average Bonchev–Trinajstić information content (AvgIpc) is 2.34. The maximum atomic E-state index is 4.05. The van der Waals surface area contributed by atoms with Crippen LogP contribution in [0.1, 0.15) is 5.56 Å². The summed E-state index contributed by atoms with van der Waals surface area (Å²) in [5.74, 6) is 0. The van der Waals surface area contributed by atoms with Crippen LogP contribution >= 0.6 is 15.9 Å². The van der Waals surface area contributed by atoms with Gasteiger partial charge >= 0.3 is 0 Å². The summed E-state index contributed by atoms with van der Waals surface area (Å²) in [6.45, 7) is 2.07. The molecule has 2 heterocycles. The van der Waals surface area contributed by atoms with E-state index < -0.39 is 0 Å². The van der Waals surface area contributed by atoms with E-state index in [1.807, 2.05) is 18.6 Å². The van der Waals surface area contributed by atoms with E-state index in [4.69, 9.17) is 0 Å². The van der Waals surface area contributed by atoms with Crippen LogP contribution in [0.25, 0.3) is 10.9 Å². The van der Waals surface area contributed by atoms with Gasteiger partial charge < -0.3 is 4.98 Å². The van der Waals surface area contributed by atoms with Gasteiger partial charge in [0, 0.05) is 22.3 Å². The van der Waals surface area contributed by atoms with Gasteiger partial charge in [0.2, 0.25) is 0 Å². The second kappa shape index (κ2) is 2.34. The molecule has 0 unspecified atom stereocenters. The van der Waals surface area contributed by atoms with Crippen molar-refractivity contribution in [2.75, 3.05) is 0 Å². The number of aromatic nitrogens is 2. The lowest BCUT2D eigenvalue weighted by Gasteiger charge is -1.92. The third-order valence-electron chi connectivity index (χ3n) is 1.74. The molecule has 0 aliphatic heterocycles. The van der Waals surface area contributed by atoms with Gasteiger partial charge in [-0.3, -0.25) is 4.98 Å². The third kappa shape index (κ3) is 0.959. The Labute approximate surface area is 72.8 Å². The van der Waals surface area contributed by atoms with Crippen molar-refractivity contribution in [2.24, 2.45) is 0 Å². The van der Waals surface area contributed by atoms with Crippen LogP contribution in [-0.4, -0.2) is 9.97 Å². The van der Waals surface area contributed by atoms with Crippen LogP contribution in [0.3, 0.4) is 0 Å². The highest BCUT2D eigenvalue weighted by Gasteiger charge is 2.02. The van der Waals surface area contributed by atoms with E-state index in [-0.39, 0.29) is 0 Å². The summed E-state index contributed by atoms with van der Waals surface area (Å²) in [7, 11) is 0. The first-order valence-electron chi connectivity index (χ1n) is 3.36. The van der Waals surface area contributed by atoms with E-state index in [1.54, 1.807) is 0 Å². The van der Waals surface area contributed by atoms with Crippen LogP contribution in [0.5, 0.6) is 0 Å². The lowest BCUT2D eigenvalue weighted by molar-refractivity contribution is 1.33. The highest BCUT2D eigenvalue weighted by atomic mass is 79.9. The molecule has 0 saturated carbocycles. The number of rotatable bonds is 0. The molecular formula is C8H7BrN2. The Morgan fingerprint density at radius 3 is 3.00 bits per heavy atom. The second-order valence-electron chi connectivity index (χ2n) is 2.52. The van der Waals surface area contributed by atoms with Gasteiger partial charge in [-0.05, 0) is 28.4 Å². The van der Waals surface area contributed by atoms with Crippen LogP contribution in [0.4, 0.5) is 0 Å². The minimum atomic E-state index is 1.05. The molecule has 0 aliphatic carbocycles. The molecule has 0 amide bonds. The number of halogens is 1. The maximum Gasteiger partial charge on any atom is 0.0654 e. The maximum absolute atomic E-state index is 4.05. The zero-order chi connectivity index (χ0) is 7.84. The lowest BCUT2D eigenvalue weighted by atomic mass is 10.2. The molecule has 1 N–H and O–H groups in total. The Bertz CT molecular complexity index is 392. The van der Waals surface area contributed by atoms with Gasteiger partial charge in [-0.2, -0.15) is 0 Å². The van der Waals surface area contributed by atoms with Crippen molar-refractivity contribution in [3.05, 3.63) is 28.6 Å². The minimum Gasteiger partial charge on any atom is -0.360 e. The molecule has 2 rings (SSSR count). The van der Waals surface area contributed by atoms with Crippen molar-refractivity contribution < 1.29 is 0 Å². The highest BCUT2D eigenvalue weighted by molar-refractivity contribution is 9.10. The number of aromatic amines is 1. The molecule has 0 radical (unpaired) electrons. The van der Waals surface area contributed by atoms with E-state index in [2.05, 4.69) is 32.8 Å². The molecule has 3 heteroatoms. The molecule has 0 fully saturated rings. The van der Waals surface area contributed by atoms with Gasteiger partial charge in [-0.1, -0.05) is 0 Å². The molecule has 2 aromatic rings. The van der Waals surface area contributed by atoms with Crippen LogP contribution in [-0.2, 0) is 0 Å². The SMILES string of the molecule is Cc1c[nH]c2cncc(Br)c12. The average molecular weight is 211 g/mol. The van der Waals surface area contributed by atoms with Crippen LogP contribution in [0.2, 0.25) is 0 Å². The molecule has 0 atom stereocenters. The summed E-state index contributed by atoms with van der Waals surface area (Å²) in [5.41, 5.74) is 2.33. The number of H-pyrrole nitrogens is 1. The number of nitrogens with zero attached hydrogens (tertiary/aromatic N) is 1. The lowest BCUT2D eigenvalue weighted by Crippen LogP contribution is -1.74. The largest absolute Gasteiger partial charge is 0.360 e. The summed E-state index contributed by atoms with van der Waals surface area (Å²) < 4.78 is 1.05. The third-order valence-corrected chi connectivity index (χ3v) is 2.34. The molecule has 0 saturated heterocycles. The number of hydrogen-bond donors (Lipinski definition) is 1. The van der Waals surface area contributed by atoms with Crippen molar-refractivity contribution in [3.8, 4) is 0 Å². The van der Waals surface area contributed by atoms with E-state index >= 15 is 0 Å². The van der Waals surface area contributed by atoms with Crippen LogP contribution in [0.15, 0.2) is 23.1 Å². The van der Waals surface area contributed by atoms with E-state index in [0.29, 0.717) is 0 Å². The Morgan fingerprint density at radius 1 is 1.45 bits per heavy atom. The Hall–Kier alpha value is -0.830. The fourth-order valence-electron chi connectivity index (χ4n) is 1.20. The minimum absolute atomic E-state index is 1.05. The first kappa shape index (κ1) is 6.85. The van der Waals surface area contributed by atoms with Crippen molar-refractivity contribution in [2.45, 2.75) is 6.92 Å². The molecular weight excluding hydrogens is 204 g/mol. The monoisotopic (exact) mass is 210 g/mol. The molecule has 11 heavy (non-hydrogen) atoms. The van der Waals surface area contributed by atoms with Gasteiger partial charge in [0.15, 0.2) is 0 Å². The van der Waals surface area contributed by atoms with Gasteiger partial charge in [0.1, 0.15) is 0 Å². The summed E-state index contributed by atoms with van der Waals surface area (Å²) in [6, 6.07) is 0. The summed E-state index contributed by atoms with van der Waals surface area (Å²) in [5, 5.41) is 1.22. The smallest absolute Gasteiger partial charge is 0.0654 e. The fourth-order valence-corrected chi connectivity index (χ4v) is 1.85. The van der Waals surface area contributed by atoms with Crippen molar-refractivity contribution in [1.82, 2.24) is 9.97 Å². The number of aryl methyl sites for hydroxylation is 1. The van der Waals surface area contributed by atoms with Gasteiger partial charge in [0.25, 0.3) is 0 Å². The van der Waals surface area contributed by atoms with E-state index in [0.717, 1.165) is 9.99 Å². The number of hydrogen-bond acceptors (Lipinski definition) is 1. The van der Waals surface area contributed by atoms with Crippen molar-refractivity contribution >= 4 is 26.8 Å². The van der Waals surface area contributed by atoms with E-state index in [9.17, 15) is 0 Å². The Balaban J connectivity index is 2.96. The predicted molar refractivity (Wildman–Crippen MR) is 48.5 cm³/mol. The topological polar surface area (TPSA) is 28.7 Å². The molecule has 2 nitrogen and oxygen atoms in total. The van der Waals surface area contributed by atoms with E-state index in [1.165, 1.54) is 10.9 Å². The highest BCUT2D eigenvalue weighted by Crippen LogP contribution is 2.24. The van der Waals surface area contributed by atoms with Gasteiger partial charge in [-0.25, -0.2) is 0 Å². The molecule has 2 aromatic heterocycles. The molecule has 0 aliphatic rings. The molecule has 0 aromatic carbocycles. The second-order valence-corrected chi connectivity index (χ2v) is 3.37. The van der Waals surface area contributed by atoms with Crippen LogP contribution in [0, 0.1) is 6.92 Å². The number of fused-ring (bicyclic) bond motifs is 1. The predicted octanol–water partition coefficient (Wildman–Crippen LogP) is 2.63. The first-order chi connectivity index (χ1) is 5.29. The number of pyridine rings is 1. The molecule has 0 spiro atoms. The van der Waals surface area contributed by atoms with Gasteiger partial charge in [-0.15, -0.1) is 0 Å². The fraction of sp³-hybridized carbons (Fsp3) is 0.125. The summed E-state index contributed by atoms with van der Waals surface area (Å²) >= 11 is 3.44. The number of nitrogens with one attached hydrogen (secondary N) is 1. The summed E-state index contributed by atoms with van der Waals surface area (Å²) in [4.78, 5) is 7.18. The van der Waals surface area contributed by atoms with Gasteiger partial charge in [0.05, 0.1) is 11.7 Å². The zero-order valence-electron chi connectivity index (χ0n) is 6.06. The normalized spacial score (nSPS) is 10.7. The Kier molecular flexibility index (Phi) is 1.46. The molecule has 0 bridgehead atoms. The first-order valence-corrected chi connectivity index (χ1v) is 4.15. The van der Waals surface area contributed by atoms with Crippen molar-refractivity contribution in [1.29, 1.82) is 0 Å². The quantitative estimate of drug-likeness (QED) is 0.712. The Morgan fingerprint density at radius 2 is 2.27 bits per heavy atom. The summed E-state index contributed by atoms with van der Waals surface area (Å²) in [6.07, 6.45) is 5.62. The zero-order valence-corrected chi connectivity index (χ0v) is 7.64. The van der Waals surface area contributed by atoms with Crippen molar-refractivity contribution in [3.63, 3.8) is 0 Å². The standard InChI is InChI=1S/C8H7BrN2/c1-5-2-11-7-4-10-3-6(9)8(5)7/h2-4,11H,1H3. The molecule has 56 valence electrons.